The third kappa shape index (κ3) is 3.80. The summed E-state index contributed by atoms with van der Waals surface area (Å²) in [5.74, 6) is 1.54. The van der Waals surface area contributed by atoms with E-state index < -0.39 is 5.82 Å². The predicted octanol–water partition coefficient (Wildman–Crippen LogP) is 2.19. The van der Waals surface area contributed by atoms with Gasteiger partial charge in [0, 0.05) is 38.6 Å². The summed E-state index contributed by atoms with van der Waals surface area (Å²) in [7, 11) is 0. The Bertz CT molecular complexity index is 1220. The summed E-state index contributed by atoms with van der Waals surface area (Å²) in [6.07, 6.45) is 5.16. The SMILES string of the molecule is Cc1nc(CN2CCN(C(=O)c3cnn(-c4ccccc4F)c3-n3cccc3)CC2)n[nH]1. The van der Waals surface area contributed by atoms with Crippen LogP contribution in [0.5, 0.6) is 0 Å². The number of nitrogens with zero attached hydrogens (tertiary/aromatic N) is 7. The molecule has 1 N–H and O–H groups in total. The first-order valence-electron chi connectivity index (χ1n) is 10.5. The molecule has 1 aliphatic heterocycles. The van der Waals surface area contributed by atoms with E-state index in [-0.39, 0.29) is 5.91 Å². The normalized spacial score (nSPS) is 14.8. The number of carbonyl (C=O) groups excluding carboxylic acids is 1. The molecule has 164 valence electrons. The van der Waals surface area contributed by atoms with Crippen LogP contribution in [0, 0.1) is 12.7 Å². The average Bonchev–Trinajstić information content (AvgIpc) is 3.55. The predicted molar refractivity (Wildman–Crippen MR) is 115 cm³/mol. The zero-order valence-corrected chi connectivity index (χ0v) is 17.6. The maximum atomic E-state index is 14.5. The summed E-state index contributed by atoms with van der Waals surface area (Å²) < 4.78 is 17.8. The van der Waals surface area contributed by atoms with E-state index in [4.69, 9.17) is 0 Å². The highest BCUT2D eigenvalue weighted by Gasteiger charge is 2.28. The fourth-order valence-electron chi connectivity index (χ4n) is 3.96. The fourth-order valence-corrected chi connectivity index (χ4v) is 3.96. The van der Waals surface area contributed by atoms with Gasteiger partial charge in [-0.1, -0.05) is 12.1 Å². The highest BCUT2D eigenvalue weighted by Crippen LogP contribution is 2.23. The monoisotopic (exact) mass is 434 g/mol. The van der Waals surface area contributed by atoms with Crippen LogP contribution in [0.3, 0.4) is 0 Å². The molecule has 1 saturated heterocycles. The van der Waals surface area contributed by atoms with Crippen molar-refractivity contribution in [3.05, 3.63) is 78.0 Å². The lowest BCUT2D eigenvalue weighted by atomic mass is 10.2. The maximum absolute atomic E-state index is 14.5. The van der Waals surface area contributed by atoms with Gasteiger partial charge in [-0.15, -0.1) is 0 Å². The van der Waals surface area contributed by atoms with Gasteiger partial charge in [-0.05, 0) is 31.2 Å². The largest absolute Gasteiger partial charge is 0.336 e. The highest BCUT2D eigenvalue weighted by molar-refractivity contribution is 5.97. The molecule has 1 aliphatic rings. The van der Waals surface area contributed by atoms with Crippen molar-refractivity contribution in [1.82, 2.24) is 39.3 Å². The Labute approximate surface area is 184 Å². The molecule has 4 aromatic rings. The summed E-state index contributed by atoms with van der Waals surface area (Å²) in [5, 5.41) is 11.4. The second-order valence-electron chi connectivity index (χ2n) is 7.74. The number of hydrogen-bond donors (Lipinski definition) is 1. The average molecular weight is 434 g/mol. The van der Waals surface area contributed by atoms with Crippen molar-refractivity contribution in [3.8, 4) is 11.5 Å². The van der Waals surface area contributed by atoms with Crippen molar-refractivity contribution < 1.29 is 9.18 Å². The smallest absolute Gasteiger partial charge is 0.259 e. The summed E-state index contributed by atoms with van der Waals surface area (Å²) in [6.45, 7) is 5.12. The molecule has 0 aliphatic carbocycles. The Kier molecular flexibility index (Phi) is 5.28. The van der Waals surface area contributed by atoms with E-state index in [1.165, 1.54) is 16.9 Å². The Balaban J connectivity index is 1.38. The lowest BCUT2D eigenvalue weighted by Gasteiger charge is -2.34. The molecule has 0 unspecified atom stereocenters. The van der Waals surface area contributed by atoms with E-state index in [0.717, 1.165) is 24.7 Å². The number of H-pyrrole nitrogens is 1. The highest BCUT2D eigenvalue weighted by atomic mass is 19.1. The second kappa shape index (κ2) is 8.39. The van der Waals surface area contributed by atoms with Gasteiger partial charge in [-0.25, -0.2) is 14.1 Å². The topological polar surface area (TPSA) is 87.9 Å². The van der Waals surface area contributed by atoms with Gasteiger partial charge in [0.1, 0.15) is 22.9 Å². The quantitative estimate of drug-likeness (QED) is 0.520. The van der Waals surface area contributed by atoms with Crippen molar-refractivity contribution >= 4 is 5.91 Å². The summed E-state index contributed by atoms with van der Waals surface area (Å²) in [6, 6.07) is 10.1. The number of benzene rings is 1. The molecule has 0 radical (unpaired) electrons. The van der Waals surface area contributed by atoms with Crippen LogP contribution in [0.2, 0.25) is 0 Å². The number of amides is 1. The molecule has 1 aromatic carbocycles. The number of halogens is 1. The summed E-state index contributed by atoms with van der Waals surface area (Å²) in [4.78, 5) is 21.8. The molecule has 0 spiro atoms. The van der Waals surface area contributed by atoms with E-state index in [2.05, 4.69) is 25.2 Å². The molecule has 1 fully saturated rings. The molecule has 32 heavy (non-hydrogen) atoms. The number of piperazine rings is 1. The number of aryl methyl sites for hydroxylation is 1. The van der Waals surface area contributed by atoms with Crippen molar-refractivity contribution in [2.45, 2.75) is 13.5 Å². The molecule has 3 aromatic heterocycles. The first-order chi connectivity index (χ1) is 15.6. The van der Waals surface area contributed by atoms with Crippen LogP contribution in [0.25, 0.3) is 11.5 Å². The minimum absolute atomic E-state index is 0.121. The number of aromatic nitrogens is 6. The van der Waals surface area contributed by atoms with Gasteiger partial charge in [0.2, 0.25) is 0 Å². The molecular formula is C22H23FN8O. The van der Waals surface area contributed by atoms with Crippen molar-refractivity contribution in [2.24, 2.45) is 0 Å². The molecule has 4 heterocycles. The Hall–Kier alpha value is -3.79. The second-order valence-corrected chi connectivity index (χ2v) is 7.74. The molecule has 9 nitrogen and oxygen atoms in total. The van der Waals surface area contributed by atoms with Crippen LogP contribution < -0.4 is 0 Å². The number of aromatic amines is 1. The van der Waals surface area contributed by atoms with E-state index in [0.29, 0.717) is 36.7 Å². The zero-order chi connectivity index (χ0) is 22.1. The van der Waals surface area contributed by atoms with Crippen molar-refractivity contribution in [1.29, 1.82) is 0 Å². The van der Waals surface area contributed by atoms with Gasteiger partial charge < -0.3 is 9.47 Å². The third-order valence-corrected chi connectivity index (χ3v) is 5.57. The van der Waals surface area contributed by atoms with Crippen LogP contribution in [0.1, 0.15) is 22.0 Å². The molecule has 0 bridgehead atoms. The Morgan fingerprint density at radius 3 is 2.53 bits per heavy atom. The number of hydrogen-bond acceptors (Lipinski definition) is 5. The number of nitrogens with one attached hydrogen (secondary N) is 1. The van der Waals surface area contributed by atoms with E-state index >= 15 is 0 Å². The van der Waals surface area contributed by atoms with E-state index in [1.54, 1.807) is 22.8 Å². The zero-order valence-electron chi connectivity index (χ0n) is 17.6. The lowest BCUT2D eigenvalue weighted by Crippen LogP contribution is -2.48. The van der Waals surface area contributed by atoms with Crippen LogP contribution in [-0.4, -0.2) is 71.4 Å². The Morgan fingerprint density at radius 1 is 1.09 bits per heavy atom. The lowest BCUT2D eigenvalue weighted by molar-refractivity contribution is 0.0625. The van der Waals surface area contributed by atoms with Crippen LogP contribution in [-0.2, 0) is 6.54 Å². The van der Waals surface area contributed by atoms with Crippen molar-refractivity contribution in [3.63, 3.8) is 0 Å². The minimum atomic E-state index is -0.404. The van der Waals surface area contributed by atoms with Gasteiger partial charge in [0.25, 0.3) is 5.91 Å². The van der Waals surface area contributed by atoms with Crippen LogP contribution >= 0.6 is 0 Å². The van der Waals surface area contributed by atoms with Gasteiger partial charge in [0.05, 0.1) is 12.7 Å². The summed E-state index contributed by atoms with van der Waals surface area (Å²) in [5.41, 5.74) is 0.726. The number of para-hydroxylation sites is 1. The van der Waals surface area contributed by atoms with Crippen LogP contribution in [0.4, 0.5) is 4.39 Å². The third-order valence-electron chi connectivity index (χ3n) is 5.57. The van der Waals surface area contributed by atoms with Gasteiger partial charge >= 0.3 is 0 Å². The van der Waals surface area contributed by atoms with E-state index in [9.17, 15) is 9.18 Å². The van der Waals surface area contributed by atoms with Crippen molar-refractivity contribution in [2.75, 3.05) is 26.2 Å². The maximum Gasteiger partial charge on any atom is 0.259 e. The van der Waals surface area contributed by atoms with Crippen LogP contribution in [0.15, 0.2) is 55.0 Å². The van der Waals surface area contributed by atoms with Gasteiger partial charge in [0.15, 0.2) is 11.6 Å². The molecule has 1 amide bonds. The molecule has 10 heteroatoms. The van der Waals surface area contributed by atoms with E-state index in [1.807, 2.05) is 36.4 Å². The van der Waals surface area contributed by atoms with Gasteiger partial charge in [-0.3, -0.25) is 14.8 Å². The van der Waals surface area contributed by atoms with Gasteiger partial charge in [-0.2, -0.15) is 10.2 Å². The number of rotatable bonds is 5. The number of carbonyl (C=O) groups is 1. The molecule has 0 atom stereocenters. The molecular weight excluding hydrogens is 411 g/mol. The fraction of sp³-hybridized carbons (Fsp3) is 0.273. The standard InChI is InChI=1S/C22H23FN8O/c1-16-25-20(27-26-16)15-28-10-12-30(13-11-28)22(32)17-14-24-31(19-7-3-2-6-18(19)23)21(17)29-8-4-5-9-29/h2-9,14H,10-13,15H2,1H3,(H,25,26,27). The summed E-state index contributed by atoms with van der Waals surface area (Å²) >= 11 is 0. The molecule has 5 rings (SSSR count). The molecule has 0 saturated carbocycles. The Morgan fingerprint density at radius 2 is 1.84 bits per heavy atom. The minimum Gasteiger partial charge on any atom is -0.336 e. The first-order valence-corrected chi connectivity index (χ1v) is 10.5. The first kappa shape index (κ1) is 20.1.